The highest BCUT2D eigenvalue weighted by atomic mass is 127. The van der Waals surface area contributed by atoms with Gasteiger partial charge >= 0.3 is 0 Å². The Morgan fingerprint density at radius 2 is 2.13 bits per heavy atom. The Bertz CT molecular complexity index is 860. The van der Waals surface area contributed by atoms with Crippen molar-refractivity contribution in [3.8, 4) is 0 Å². The van der Waals surface area contributed by atoms with Crippen LogP contribution in [0.5, 0.6) is 0 Å². The molecule has 0 spiro atoms. The first kappa shape index (κ1) is 16.3. The van der Waals surface area contributed by atoms with E-state index in [-0.39, 0.29) is 5.91 Å². The third kappa shape index (κ3) is 3.85. The lowest BCUT2D eigenvalue weighted by atomic mass is 10.2. The molecule has 2 heterocycles. The average molecular weight is 462 g/mol. The Morgan fingerprint density at radius 1 is 1.30 bits per heavy atom. The number of carbonyl (C=O) groups is 1. The average Bonchev–Trinajstić information content (AvgIpc) is 3.12. The van der Waals surface area contributed by atoms with Crippen molar-refractivity contribution >= 4 is 57.4 Å². The Balaban J connectivity index is 1.69. The molecule has 1 amide bonds. The van der Waals surface area contributed by atoms with Gasteiger partial charge in [0.15, 0.2) is 0 Å². The predicted molar refractivity (Wildman–Crippen MR) is 97.0 cm³/mol. The number of nitrogens with zero attached hydrogens (tertiary/aromatic N) is 3. The van der Waals surface area contributed by atoms with Crippen LogP contribution in [-0.2, 0) is 6.54 Å². The number of aromatic amines is 1. The van der Waals surface area contributed by atoms with Crippen LogP contribution < -0.4 is 5.32 Å². The first-order valence-electron chi connectivity index (χ1n) is 6.49. The number of H-pyrrole nitrogens is 1. The van der Waals surface area contributed by atoms with Gasteiger partial charge in [0.2, 0.25) is 0 Å². The molecule has 6 nitrogen and oxygen atoms in total. The topological polar surface area (TPSA) is 75.6 Å². The maximum atomic E-state index is 12.1. The highest BCUT2D eigenvalue weighted by molar-refractivity contribution is 14.1. The van der Waals surface area contributed by atoms with E-state index < -0.39 is 0 Å². The number of halogens is 3. The minimum Gasteiger partial charge on any atom is -0.318 e. The van der Waals surface area contributed by atoms with Crippen molar-refractivity contribution in [2.75, 3.05) is 5.32 Å². The molecule has 0 bridgehead atoms. The number of hydrogen-bond acceptors (Lipinski definition) is 3. The zero-order valence-electron chi connectivity index (χ0n) is 11.6. The van der Waals surface area contributed by atoms with Crippen molar-refractivity contribution < 1.29 is 4.79 Å². The van der Waals surface area contributed by atoms with Crippen molar-refractivity contribution in [3.63, 3.8) is 0 Å². The largest absolute Gasteiger partial charge is 0.318 e. The number of rotatable bonds is 4. The SMILES string of the molecule is O=C(Nc1cnn(Cc2ccc(Cl)c(Cl)c2)c1)c1[nH]ncc1I. The van der Waals surface area contributed by atoms with Crippen LogP contribution >= 0.6 is 45.8 Å². The molecule has 2 N–H and O–H groups in total. The summed E-state index contributed by atoms with van der Waals surface area (Å²) in [5, 5.41) is 14.5. The van der Waals surface area contributed by atoms with E-state index in [0.717, 1.165) is 9.13 Å². The van der Waals surface area contributed by atoms with Gasteiger partial charge in [0, 0.05) is 6.20 Å². The van der Waals surface area contributed by atoms with Crippen molar-refractivity contribution in [1.29, 1.82) is 0 Å². The number of anilines is 1. The molecule has 9 heteroatoms. The van der Waals surface area contributed by atoms with Crippen molar-refractivity contribution in [2.24, 2.45) is 0 Å². The van der Waals surface area contributed by atoms with Crippen LogP contribution in [0.25, 0.3) is 0 Å². The van der Waals surface area contributed by atoms with E-state index in [1.165, 1.54) is 0 Å². The second-order valence-corrected chi connectivity index (χ2v) is 6.70. The van der Waals surface area contributed by atoms with E-state index >= 15 is 0 Å². The van der Waals surface area contributed by atoms with Crippen LogP contribution in [-0.4, -0.2) is 25.9 Å². The van der Waals surface area contributed by atoms with Crippen molar-refractivity contribution in [2.45, 2.75) is 6.54 Å². The van der Waals surface area contributed by atoms with Crippen LogP contribution in [0.1, 0.15) is 16.1 Å². The molecule has 3 rings (SSSR count). The maximum absolute atomic E-state index is 12.1. The molecular weight excluding hydrogens is 452 g/mol. The minimum absolute atomic E-state index is 0.263. The molecule has 2 aromatic heterocycles. The van der Waals surface area contributed by atoms with Gasteiger partial charge in [-0.3, -0.25) is 14.6 Å². The molecule has 1 aromatic carbocycles. The second kappa shape index (κ2) is 6.90. The molecule has 0 aliphatic rings. The highest BCUT2D eigenvalue weighted by Crippen LogP contribution is 2.23. The number of aromatic nitrogens is 4. The van der Waals surface area contributed by atoms with E-state index in [1.807, 2.05) is 28.7 Å². The molecule has 0 saturated heterocycles. The smallest absolute Gasteiger partial charge is 0.274 e. The van der Waals surface area contributed by atoms with Gasteiger partial charge in [-0.25, -0.2) is 0 Å². The summed E-state index contributed by atoms with van der Waals surface area (Å²) in [6, 6.07) is 5.41. The van der Waals surface area contributed by atoms with E-state index in [1.54, 1.807) is 35.4 Å². The van der Waals surface area contributed by atoms with E-state index in [0.29, 0.717) is 28.0 Å². The quantitative estimate of drug-likeness (QED) is 0.580. The molecule has 0 atom stereocenters. The number of carbonyl (C=O) groups excluding carboxylic acids is 1. The summed E-state index contributed by atoms with van der Waals surface area (Å²) in [4.78, 5) is 12.1. The number of nitrogens with one attached hydrogen (secondary N) is 2. The first-order valence-corrected chi connectivity index (χ1v) is 8.33. The van der Waals surface area contributed by atoms with Crippen molar-refractivity contribution in [3.05, 3.63) is 61.7 Å². The zero-order chi connectivity index (χ0) is 16.4. The summed E-state index contributed by atoms with van der Waals surface area (Å²) >= 11 is 13.9. The fraction of sp³-hybridized carbons (Fsp3) is 0.0714. The third-order valence-electron chi connectivity index (χ3n) is 3.04. The van der Waals surface area contributed by atoms with E-state index in [4.69, 9.17) is 23.2 Å². The summed E-state index contributed by atoms with van der Waals surface area (Å²) in [6.07, 6.45) is 4.91. The Kier molecular flexibility index (Phi) is 4.88. The summed E-state index contributed by atoms with van der Waals surface area (Å²) < 4.78 is 2.45. The van der Waals surface area contributed by atoms with Gasteiger partial charge < -0.3 is 5.32 Å². The van der Waals surface area contributed by atoms with Crippen LogP contribution in [0.15, 0.2) is 36.8 Å². The number of hydrogen-bond donors (Lipinski definition) is 2. The van der Waals surface area contributed by atoms with Gasteiger partial charge in [-0.1, -0.05) is 29.3 Å². The minimum atomic E-state index is -0.263. The number of benzene rings is 1. The monoisotopic (exact) mass is 461 g/mol. The van der Waals surface area contributed by atoms with Crippen molar-refractivity contribution in [1.82, 2.24) is 20.0 Å². The summed E-state index contributed by atoms with van der Waals surface area (Å²) in [6.45, 7) is 0.522. The fourth-order valence-electron chi connectivity index (χ4n) is 1.96. The lowest BCUT2D eigenvalue weighted by molar-refractivity contribution is 0.102. The van der Waals surface area contributed by atoms with Gasteiger partial charge in [-0.15, -0.1) is 0 Å². The van der Waals surface area contributed by atoms with E-state index in [9.17, 15) is 4.79 Å². The highest BCUT2D eigenvalue weighted by Gasteiger charge is 2.13. The molecular formula is C14H10Cl2IN5O. The van der Waals surface area contributed by atoms with Crippen LogP contribution in [0.4, 0.5) is 5.69 Å². The summed E-state index contributed by atoms with van der Waals surface area (Å²) in [5.41, 5.74) is 1.98. The lowest BCUT2D eigenvalue weighted by Crippen LogP contribution is -2.13. The van der Waals surface area contributed by atoms with Gasteiger partial charge in [0.25, 0.3) is 5.91 Å². The first-order chi connectivity index (χ1) is 11.0. The van der Waals surface area contributed by atoms with Crippen LogP contribution in [0, 0.1) is 3.57 Å². The van der Waals surface area contributed by atoms with Crippen LogP contribution in [0.3, 0.4) is 0 Å². The molecule has 0 radical (unpaired) electrons. The fourth-order valence-corrected chi connectivity index (χ4v) is 2.79. The predicted octanol–water partition coefficient (Wildman–Crippen LogP) is 3.82. The molecule has 0 aliphatic carbocycles. The summed E-state index contributed by atoms with van der Waals surface area (Å²) in [7, 11) is 0. The normalized spacial score (nSPS) is 10.7. The third-order valence-corrected chi connectivity index (χ3v) is 4.60. The molecule has 118 valence electrons. The van der Waals surface area contributed by atoms with E-state index in [2.05, 4.69) is 20.6 Å². The molecule has 0 unspecified atom stereocenters. The molecule has 0 aliphatic heterocycles. The second-order valence-electron chi connectivity index (χ2n) is 4.72. The molecule has 23 heavy (non-hydrogen) atoms. The molecule has 3 aromatic rings. The van der Waals surface area contributed by atoms with Gasteiger partial charge in [-0.2, -0.15) is 10.2 Å². The van der Waals surface area contributed by atoms with Crippen LogP contribution in [0.2, 0.25) is 10.0 Å². The number of amides is 1. The molecule has 0 saturated carbocycles. The molecule has 0 fully saturated rings. The summed E-state index contributed by atoms with van der Waals surface area (Å²) in [5.74, 6) is -0.263. The maximum Gasteiger partial charge on any atom is 0.274 e. The Hall–Kier alpha value is -1.58. The Morgan fingerprint density at radius 3 is 2.83 bits per heavy atom. The van der Waals surface area contributed by atoms with Gasteiger partial charge in [0.1, 0.15) is 5.69 Å². The van der Waals surface area contributed by atoms with Gasteiger partial charge in [0.05, 0.1) is 38.2 Å². The zero-order valence-corrected chi connectivity index (χ0v) is 15.2. The lowest BCUT2D eigenvalue weighted by Gasteiger charge is -2.04. The van der Waals surface area contributed by atoms with Gasteiger partial charge in [-0.05, 0) is 40.3 Å². The Labute approximate surface area is 155 Å². The standard InChI is InChI=1S/C14H10Cl2IN5O/c15-10-2-1-8(3-11(10)16)6-22-7-9(4-19-22)20-14(23)13-12(17)5-18-21-13/h1-5,7H,6H2,(H,18,21)(H,20,23).